The Bertz CT molecular complexity index is 779. The maximum atomic E-state index is 11.8. The molecule has 0 aliphatic rings. The first-order chi connectivity index (χ1) is 9.58. The second-order valence-corrected chi connectivity index (χ2v) is 4.48. The SMILES string of the molecule is CSc1nc(-c2ccccc2[N+](=O)[O-])c(C#N)c(=O)[nH]1. The van der Waals surface area contributed by atoms with Crippen molar-refractivity contribution in [2.75, 3.05) is 6.26 Å². The van der Waals surface area contributed by atoms with Gasteiger partial charge in [0.25, 0.3) is 11.2 Å². The molecule has 8 heteroatoms. The fourth-order valence-corrected chi connectivity index (χ4v) is 2.06. The van der Waals surface area contributed by atoms with Crippen LogP contribution in [0.15, 0.2) is 34.2 Å². The van der Waals surface area contributed by atoms with Gasteiger partial charge in [0.2, 0.25) is 0 Å². The van der Waals surface area contributed by atoms with Crippen LogP contribution in [0, 0.1) is 21.4 Å². The highest BCUT2D eigenvalue weighted by Gasteiger charge is 2.21. The molecule has 0 atom stereocenters. The van der Waals surface area contributed by atoms with Gasteiger partial charge in [0.15, 0.2) is 5.16 Å². The molecule has 2 aromatic rings. The van der Waals surface area contributed by atoms with E-state index < -0.39 is 10.5 Å². The number of hydrogen-bond acceptors (Lipinski definition) is 6. The van der Waals surface area contributed by atoms with E-state index in [4.69, 9.17) is 5.26 Å². The van der Waals surface area contributed by atoms with E-state index in [9.17, 15) is 14.9 Å². The number of nitro groups is 1. The summed E-state index contributed by atoms with van der Waals surface area (Å²) < 4.78 is 0. The van der Waals surface area contributed by atoms with E-state index >= 15 is 0 Å². The van der Waals surface area contributed by atoms with Crippen molar-refractivity contribution in [2.45, 2.75) is 5.16 Å². The Balaban J connectivity index is 2.82. The number of thioether (sulfide) groups is 1. The summed E-state index contributed by atoms with van der Waals surface area (Å²) in [6.07, 6.45) is 1.70. The zero-order valence-electron chi connectivity index (χ0n) is 10.3. The molecule has 1 aromatic heterocycles. The van der Waals surface area contributed by atoms with Crippen LogP contribution in [0.25, 0.3) is 11.3 Å². The minimum atomic E-state index is -0.611. The molecule has 7 nitrogen and oxygen atoms in total. The van der Waals surface area contributed by atoms with Crippen molar-refractivity contribution in [1.82, 2.24) is 9.97 Å². The lowest BCUT2D eigenvalue weighted by Crippen LogP contribution is -2.15. The number of rotatable bonds is 3. The van der Waals surface area contributed by atoms with Crippen molar-refractivity contribution in [3.05, 3.63) is 50.3 Å². The van der Waals surface area contributed by atoms with Crippen molar-refractivity contribution >= 4 is 17.4 Å². The molecule has 1 N–H and O–H groups in total. The van der Waals surface area contributed by atoms with Gasteiger partial charge in [-0.15, -0.1) is 0 Å². The highest BCUT2D eigenvalue weighted by Crippen LogP contribution is 2.29. The van der Waals surface area contributed by atoms with E-state index in [1.165, 1.54) is 30.0 Å². The minimum Gasteiger partial charge on any atom is -0.300 e. The molecule has 0 saturated carbocycles. The van der Waals surface area contributed by atoms with E-state index in [0.29, 0.717) is 5.16 Å². The quantitative estimate of drug-likeness (QED) is 0.399. The van der Waals surface area contributed by atoms with Gasteiger partial charge in [0, 0.05) is 6.07 Å². The summed E-state index contributed by atoms with van der Waals surface area (Å²) >= 11 is 1.18. The number of hydrogen-bond donors (Lipinski definition) is 1. The molecule has 0 unspecified atom stereocenters. The Morgan fingerprint density at radius 2 is 2.15 bits per heavy atom. The topological polar surface area (TPSA) is 113 Å². The standard InChI is InChI=1S/C12H8N4O3S/c1-20-12-14-10(8(6-13)11(17)15-12)7-4-2-3-5-9(7)16(18)19/h2-5H,1H3,(H,14,15,17). The van der Waals surface area contributed by atoms with Crippen LogP contribution < -0.4 is 5.56 Å². The molecule has 0 bridgehead atoms. The van der Waals surface area contributed by atoms with Crippen molar-refractivity contribution in [3.63, 3.8) is 0 Å². The van der Waals surface area contributed by atoms with Crippen LogP contribution in [0.3, 0.4) is 0 Å². The molecular weight excluding hydrogens is 280 g/mol. The largest absolute Gasteiger partial charge is 0.300 e. The number of nitriles is 1. The molecule has 100 valence electrons. The van der Waals surface area contributed by atoms with Gasteiger partial charge < -0.3 is 4.98 Å². The number of nitro benzene ring substituents is 1. The summed E-state index contributed by atoms with van der Waals surface area (Å²) in [6, 6.07) is 7.61. The van der Waals surface area contributed by atoms with Crippen LogP contribution in [0.5, 0.6) is 0 Å². The summed E-state index contributed by atoms with van der Waals surface area (Å²) in [5.41, 5.74) is -0.880. The first kappa shape index (κ1) is 13.8. The lowest BCUT2D eigenvalue weighted by molar-refractivity contribution is -0.384. The highest BCUT2D eigenvalue weighted by atomic mass is 32.2. The number of H-pyrrole nitrogens is 1. The summed E-state index contributed by atoms with van der Waals surface area (Å²) in [5, 5.41) is 20.4. The van der Waals surface area contributed by atoms with Crippen molar-refractivity contribution in [2.24, 2.45) is 0 Å². The Labute approximate surface area is 117 Å². The maximum absolute atomic E-state index is 11.8. The van der Waals surface area contributed by atoms with Crippen LogP contribution in [0.2, 0.25) is 0 Å². The lowest BCUT2D eigenvalue weighted by Gasteiger charge is -2.05. The molecule has 1 aromatic carbocycles. The first-order valence-electron chi connectivity index (χ1n) is 5.40. The van der Waals surface area contributed by atoms with Crippen LogP contribution >= 0.6 is 11.8 Å². The molecule has 0 aliphatic heterocycles. The smallest absolute Gasteiger partial charge is 0.278 e. The second kappa shape index (κ2) is 5.54. The van der Waals surface area contributed by atoms with Gasteiger partial charge >= 0.3 is 0 Å². The molecule has 0 spiro atoms. The minimum absolute atomic E-state index is 0.0212. The number of aromatic amines is 1. The van der Waals surface area contributed by atoms with E-state index in [2.05, 4.69) is 9.97 Å². The summed E-state index contributed by atoms with van der Waals surface area (Å²) in [5.74, 6) is 0. The van der Waals surface area contributed by atoms with Gasteiger partial charge in [0.05, 0.1) is 10.5 Å². The number of para-hydroxylation sites is 1. The third-order valence-corrected chi connectivity index (χ3v) is 3.14. The molecule has 0 aliphatic carbocycles. The number of nitrogens with zero attached hydrogens (tertiary/aromatic N) is 3. The highest BCUT2D eigenvalue weighted by molar-refractivity contribution is 7.98. The average molecular weight is 288 g/mol. The van der Waals surface area contributed by atoms with E-state index in [1.54, 1.807) is 18.4 Å². The molecule has 0 amide bonds. The van der Waals surface area contributed by atoms with Crippen LogP contribution in [0.1, 0.15) is 5.56 Å². The van der Waals surface area contributed by atoms with E-state index in [0.717, 1.165) is 0 Å². The van der Waals surface area contributed by atoms with Gasteiger partial charge in [-0.25, -0.2) is 4.98 Å². The molecular formula is C12H8N4O3S. The Kier molecular flexibility index (Phi) is 3.81. The van der Waals surface area contributed by atoms with Crippen molar-refractivity contribution in [1.29, 1.82) is 5.26 Å². The maximum Gasteiger partial charge on any atom is 0.278 e. The summed E-state index contributed by atoms with van der Waals surface area (Å²) in [4.78, 5) is 28.8. The predicted molar refractivity (Wildman–Crippen MR) is 73.4 cm³/mol. The molecule has 20 heavy (non-hydrogen) atoms. The van der Waals surface area contributed by atoms with Crippen LogP contribution in [-0.4, -0.2) is 21.1 Å². The van der Waals surface area contributed by atoms with Crippen molar-refractivity contribution in [3.8, 4) is 17.3 Å². The summed E-state index contributed by atoms with van der Waals surface area (Å²) in [7, 11) is 0. The molecule has 0 fully saturated rings. The zero-order valence-corrected chi connectivity index (χ0v) is 11.1. The van der Waals surface area contributed by atoms with Crippen LogP contribution in [-0.2, 0) is 0 Å². The van der Waals surface area contributed by atoms with Gasteiger partial charge in [-0.05, 0) is 12.3 Å². The van der Waals surface area contributed by atoms with Crippen molar-refractivity contribution < 1.29 is 4.92 Å². The predicted octanol–water partition coefficient (Wildman–Crippen LogP) is 1.94. The van der Waals surface area contributed by atoms with Gasteiger partial charge in [-0.1, -0.05) is 23.9 Å². The fraction of sp³-hybridized carbons (Fsp3) is 0.0833. The summed E-state index contributed by atoms with van der Waals surface area (Å²) in [6.45, 7) is 0. The Morgan fingerprint density at radius 1 is 1.45 bits per heavy atom. The van der Waals surface area contributed by atoms with Gasteiger partial charge in [-0.2, -0.15) is 5.26 Å². The second-order valence-electron chi connectivity index (χ2n) is 3.68. The normalized spacial score (nSPS) is 10.0. The number of aromatic nitrogens is 2. The fourth-order valence-electron chi connectivity index (χ4n) is 1.68. The van der Waals surface area contributed by atoms with Crippen LogP contribution in [0.4, 0.5) is 5.69 Å². The number of nitrogens with one attached hydrogen (secondary N) is 1. The third-order valence-electron chi connectivity index (χ3n) is 2.56. The monoisotopic (exact) mass is 288 g/mol. The lowest BCUT2D eigenvalue weighted by atomic mass is 10.1. The number of benzene rings is 1. The third kappa shape index (κ3) is 2.39. The first-order valence-corrected chi connectivity index (χ1v) is 6.63. The Hall–Kier alpha value is -2.66. The molecule has 1 heterocycles. The zero-order chi connectivity index (χ0) is 14.7. The molecule has 2 rings (SSSR count). The average Bonchev–Trinajstić information content (AvgIpc) is 2.46. The Morgan fingerprint density at radius 3 is 2.75 bits per heavy atom. The molecule has 0 saturated heterocycles. The van der Waals surface area contributed by atoms with Gasteiger partial charge in [0.1, 0.15) is 17.3 Å². The van der Waals surface area contributed by atoms with E-state index in [1.807, 2.05) is 0 Å². The van der Waals surface area contributed by atoms with Gasteiger partial charge in [-0.3, -0.25) is 14.9 Å². The molecule has 0 radical (unpaired) electrons. The van der Waals surface area contributed by atoms with E-state index in [-0.39, 0.29) is 22.5 Å².